The Balaban J connectivity index is 2.97. The molecule has 0 spiro atoms. The molecule has 94 valence electrons. The van der Waals surface area contributed by atoms with Gasteiger partial charge in [0.2, 0.25) is 6.30 Å². The normalized spacial score (nSPS) is 24.1. The van der Waals surface area contributed by atoms with Crippen LogP contribution >= 0.6 is 0 Å². The molecule has 0 amide bonds. The minimum absolute atomic E-state index is 0.149. The summed E-state index contributed by atoms with van der Waals surface area (Å²) >= 11 is 0. The van der Waals surface area contributed by atoms with Crippen LogP contribution in [-0.4, -0.2) is 36.1 Å². The van der Waals surface area contributed by atoms with Crippen molar-refractivity contribution < 1.29 is 22.0 Å². The molecule has 1 rings (SSSR count). The molecule has 1 fully saturated rings. The van der Waals surface area contributed by atoms with E-state index in [0.29, 0.717) is 12.8 Å². The molecule has 6 heteroatoms. The highest BCUT2D eigenvalue weighted by Gasteiger charge is 2.64. The van der Waals surface area contributed by atoms with Crippen LogP contribution in [0.5, 0.6) is 0 Å². The lowest BCUT2D eigenvalue weighted by Gasteiger charge is -2.35. The zero-order valence-corrected chi connectivity index (χ0v) is 8.95. The molecule has 16 heavy (non-hydrogen) atoms. The molecule has 2 atom stereocenters. The monoisotopic (exact) mass is 243 g/mol. The number of rotatable bonds is 3. The molecule has 1 aliphatic rings. The second-order valence-electron chi connectivity index (χ2n) is 4.07. The molecule has 2 unspecified atom stereocenters. The standard InChI is InChI=1S/C10H14F5N/c1-7(2)9(12,10(13,14)15)8(11)16-5-3-4-6-16/h8H,1,3-6H2,2H3. The molecule has 1 saturated heterocycles. The Morgan fingerprint density at radius 1 is 1.19 bits per heavy atom. The van der Waals surface area contributed by atoms with E-state index in [0.717, 1.165) is 11.8 Å². The Labute approximate surface area is 90.9 Å². The maximum Gasteiger partial charge on any atom is 0.430 e. The van der Waals surface area contributed by atoms with Crippen LogP contribution in [0.4, 0.5) is 22.0 Å². The third-order valence-corrected chi connectivity index (χ3v) is 2.82. The van der Waals surface area contributed by atoms with Crippen molar-refractivity contribution >= 4 is 0 Å². The summed E-state index contributed by atoms with van der Waals surface area (Å²) in [7, 11) is 0. The molecular weight excluding hydrogens is 229 g/mol. The van der Waals surface area contributed by atoms with Crippen molar-refractivity contribution in [2.24, 2.45) is 0 Å². The van der Waals surface area contributed by atoms with Crippen LogP contribution in [0.15, 0.2) is 12.2 Å². The van der Waals surface area contributed by atoms with E-state index in [-0.39, 0.29) is 13.1 Å². The first kappa shape index (κ1) is 13.4. The smallest absolute Gasteiger partial charge is 0.271 e. The Kier molecular flexibility index (Phi) is 3.62. The fraction of sp³-hybridized carbons (Fsp3) is 0.800. The maximum atomic E-state index is 13.8. The summed E-state index contributed by atoms with van der Waals surface area (Å²) in [6.45, 7) is 4.08. The van der Waals surface area contributed by atoms with Gasteiger partial charge in [-0.1, -0.05) is 6.58 Å². The van der Waals surface area contributed by atoms with Gasteiger partial charge in [-0.15, -0.1) is 0 Å². The predicted octanol–water partition coefficient (Wildman–Crippen LogP) is 3.22. The molecule has 0 aromatic heterocycles. The van der Waals surface area contributed by atoms with Gasteiger partial charge in [-0.3, -0.25) is 4.90 Å². The lowest BCUT2D eigenvalue weighted by atomic mass is 9.95. The highest BCUT2D eigenvalue weighted by Crippen LogP contribution is 2.44. The Hall–Kier alpha value is -0.650. The SMILES string of the molecule is C=C(C)C(F)(C(F)N1CCCC1)C(F)(F)F. The van der Waals surface area contributed by atoms with Crippen LogP contribution in [0, 0.1) is 0 Å². The van der Waals surface area contributed by atoms with E-state index >= 15 is 0 Å². The zero-order chi connectivity index (χ0) is 12.6. The van der Waals surface area contributed by atoms with Crippen LogP contribution < -0.4 is 0 Å². The Bertz CT molecular complexity index is 269. The number of nitrogens with zero attached hydrogens (tertiary/aromatic N) is 1. The van der Waals surface area contributed by atoms with E-state index in [1.807, 2.05) is 0 Å². The van der Waals surface area contributed by atoms with Gasteiger partial charge in [0.25, 0.3) is 5.67 Å². The van der Waals surface area contributed by atoms with Crippen molar-refractivity contribution in [2.45, 2.75) is 37.9 Å². The molecule has 1 heterocycles. The van der Waals surface area contributed by atoms with Crippen LogP contribution in [-0.2, 0) is 0 Å². The van der Waals surface area contributed by atoms with Crippen LogP contribution in [0.2, 0.25) is 0 Å². The Morgan fingerprint density at radius 2 is 1.62 bits per heavy atom. The second kappa shape index (κ2) is 4.31. The fourth-order valence-corrected chi connectivity index (χ4v) is 1.80. The predicted molar refractivity (Wildman–Crippen MR) is 50.4 cm³/mol. The van der Waals surface area contributed by atoms with Crippen LogP contribution in [0.3, 0.4) is 0 Å². The third kappa shape index (κ3) is 2.07. The topological polar surface area (TPSA) is 3.24 Å². The molecule has 0 aromatic carbocycles. The van der Waals surface area contributed by atoms with E-state index in [4.69, 9.17) is 0 Å². The first-order chi connectivity index (χ1) is 7.21. The molecular formula is C10H14F5N. The minimum atomic E-state index is -5.28. The largest absolute Gasteiger partial charge is 0.430 e. The molecule has 1 aliphatic heterocycles. The number of alkyl halides is 5. The molecule has 0 radical (unpaired) electrons. The van der Waals surface area contributed by atoms with Gasteiger partial charge in [-0.25, -0.2) is 8.78 Å². The van der Waals surface area contributed by atoms with E-state index in [1.54, 1.807) is 0 Å². The van der Waals surface area contributed by atoms with Gasteiger partial charge < -0.3 is 0 Å². The summed E-state index contributed by atoms with van der Waals surface area (Å²) in [5.74, 6) is 0. The Morgan fingerprint density at radius 3 is 1.94 bits per heavy atom. The summed E-state index contributed by atoms with van der Waals surface area (Å²) in [4.78, 5) is 0.877. The van der Waals surface area contributed by atoms with Crippen LogP contribution in [0.1, 0.15) is 19.8 Å². The van der Waals surface area contributed by atoms with Gasteiger partial charge in [0.05, 0.1) is 0 Å². The molecule has 0 N–H and O–H groups in total. The van der Waals surface area contributed by atoms with E-state index in [2.05, 4.69) is 6.58 Å². The maximum absolute atomic E-state index is 13.8. The first-order valence-corrected chi connectivity index (χ1v) is 5.01. The summed E-state index contributed by atoms with van der Waals surface area (Å²) in [6.07, 6.45) is -6.80. The van der Waals surface area contributed by atoms with Crippen molar-refractivity contribution in [1.82, 2.24) is 4.90 Å². The average Bonchev–Trinajstić information content (AvgIpc) is 2.65. The fourth-order valence-electron chi connectivity index (χ4n) is 1.80. The molecule has 0 bridgehead atoms. The van der Waals surface area contributed by atoms with E-state index in [1.165, 1.54) is 0 Å². The molecule has 1 nitrogen and oxygen atoms in total. The summed E-state index contributed by atoms with van der Waals surface area (Å²) in [5, 5.41) is 0. The first-order valence-electron chi connectivity index (χ1n) is 5.01. The highest BCUT2D eigenvalue weighted by molar-refractivity contribution is 5.17. The summed E-state index contributed by atoms with van der Waals surface area (Å²) in [5.41, 5.74) is -4.82. The van der Waals surface area contributed by atoms with E-state index in [9.17, 15) is 22.0 Å². The molecule has 0 aliphatic carbocycles. The van der Waals surface area contributed by atoms with Crippen LogP contribution in [0.25, 0.3) is 0 Å². The lowest BCUT2D eigenvalue weighted by molar-refractivity contribution is -0.251. The zero-order valence-electron chi connectivity index (χ0n) is 8.95. The van der Waals surface area contributed by atoms with Gasteiger partial charge >= 0.3 is 6.18 Å². The molecule has 0 saturated carbocycles. The number of hydrogen-bond acceptors (Lipinski definition) is 1. The average molecular weight is 243 g/mol. The van der Waals surface area contributed by atoms with Gasteiger partial charge in [0.15, 0.2) is 0 Å². The third-order valence-electron chi connectivity index (χ3n) is 2.82. The summed E-state index contributed by atoms with van der Waals surface area (Å²) in [6, 6.07) is 0. The number of halogens is 5. The van der Waals surface area contributed by atoms with Gasteiger partial charge in [0.1, 0.15) is 0 Å². The van der Waals surface area contributed by atoms with Crippen molar-refractivity contribution in [3.63, 3.8) is 0 Å². The van der Waals surface area contributed by atoms with Crippen molar-refractivity contribution in [2.75, 3.05) is 13.1 Å². The second-order valence-corrected chi connectivity index (χ2v) is 4.07. The van der Waals surface area contributed by atoms with Gasteiger partial charge in [0, 0.05) is 13.1 Å². The minimum Gasteiger partial charge on any atom is -0.271 e. The highest BCUT2D eigenvalue weighted by atomic mass is 19.4. The molecule has 0 aromatic rings. The van der Waals surface area contributed by atoms with Gasteiger partial charge in [-0.05, 0) is 25.3 Å². The number of hydrogen-bond donors (Lipinski definition) is 0. The summed E-state index contributed by atoms with van der Waals surface area (Å²) < 4.78 is 65.2. The van der Waals surface area contributed by atoms with Gasteiger partial charge in [-0.2, -0.15) is 13.2 Å². The van der Waals surface area contributed by atoms with Crippen molar-refractivity contribution in [3.8, 4) is 0 Å². The van der Waals surface area contributed by atoms with E-state index < -0.39 is 23.7 Å². The number of likely N-dealkylation sites (tertiary alicyclic amines) is 1. The lowest BCUT2D eigenvalue weighted by Crippen LogP contribution is -2.56. The van der Waals surface area contributed by atoms with Crippen molar-refractivity contribution in [3.05, 3.63) is 12.2 Å². The van der Waals surface area contributed by atoms with Crippen molar-refractivity contribution in [1.29, 1.82) is 0 Å². The quantitative estimate of drug-likeness (QED) is 0.418.